The molecule has 0 heterocycles. The lowest BCUT2D eigenvalue weighted by Gasteiger charge is -2.05. The van der Waals surface area contributed by atoms with Gasteiger partial charge in [0.1, 0.15) is 24.0 Å². The first-order chi connectivity index (χ1) is 12.5. The highest BCUT2D eigenvalue weighted by Gasteiger charge is 2.10. The van der Waals surface area contributed by atoms with Gasteiger partial charge in [-0.3, -0.25) is 4.79 Å². The Labute approximate surface area is 150 Å². The Morgan fingerprint density at radius 3 is 2.35 bits per heavy atom. The number of hydrogen-bond donors (Lipinski definition) is 2. The fourth-order valence-electron chi connectivity index (χ4n) is 2.00. The minimum absolute atomic E-state index is 0.0930. The lowest BCUT2D eigenvalue weighted by molar-refractivity contribution is -0.112. The molecule has 6 nitrogen and oxygen atoms in total. The van der Waals surface area contributed by atoms with Gasteiger partial charge in [0, 0.05) is 5.69 Å². The number of hydrogen-bond acceptors (Lipinski definition) is 4. The van der Waals surface area contributed by atoms with E-state index in [0.717, 1.165) is 0 Å². The van der Waals surface area contributed by atoms with E-state index in [-0.39, 0.29) is 17.7 Å². The predicted octanol–water partition coefficient (Wildman–Crippen LogP) is 2.94. The number of benzene rings is 2. The molecule has 0 saturated heterocycles. The molecule has 0 atom stereocenters. The molecule has 0 aromatic heterocycles. The Morgan fingerprint density at radius 2 is 1.81 bits per heavy atom. The summed E-state index contributed by atoms with van der Waals surface area (Å²) >= 11 is 0. The molecular formula is C20H14N2O4. The van der Waals surface area contributed by atoms with Crippen LogP contribution >= 0.6 is 0 Å². The number of aromatic carboxylic acids is 1. The number of carboxylic acid groups (broad SMARTS) is 1. The Balaban J connectivity index is 2.10. The third kappa shape index (κ3) is 4.98. The number of carboxylic acids is 1. The lowest BCUT2D eigenvalue weighted by atomic mass is 10.1. The number of nitriles is 1. The summed E-state index contributed by atoms with van der Waals surface area (Å²) in [7, 11) is 0. The molecular weight excluding hydrogens is 332 g/mol. The van der Waals surface area contributed by atoms with Crippen molar-refractivity contribution in [2.75, 3.05) is 11.9 Å². The number of anilines is 1. The number of carbonyl (C=O) groups is 2. The van der Waals surface area contributed by atoms with Gasteiger partial charge < -0.3 is 15.2 Å². The molecule has 0 saturated carbocycles. The van der Waals surface area contributed by atoms with Crippen LogP contribution in [0.2, 0.25) is 0 Å². The number of amides is 1. The third-order valence-corrected chi connectivity index (χ3v) is 3.27. The molecule has 0 bridgehead atoms. The molecule has 2 N–H and O–H groups in total. The molecule has 0 unspecified atom stereocenters. The van der Waals surface area contributed by atoms with Crippen LogP contribution in [-0.4, -0.2) is 23.6 Å². The first-order valence-electron chi connectivity index (χ1n) is 7.46. The maximum absolute atomic E-state index is 12.2. The van der Waals surface area contributed by atoms with Crippen LogP contribution in [0.5, 0.6) is 5.75 Å². The minimum atomic E-state index is -1.06. The third-order valence-electron chi connectivity index (χ3n) is 3.27. The van der Waals surface area contributed by atoms with Crippen molar-refractivity contribution in [3.8, 4) is 24.2 Å². The highest BCUT2D eigenvalue weighted by molar-refractivity contribution is 6.09. The zero-order valence-corrected chi connectivity index (χ0v) is 13.6. The molecule has 0 radical (unpaired) electrons. The zero-order valence-electron chi connectivity index (χ0n) is 13.6. The van der Waals surface area contributed by atoms with E-state index in [9.17, 15) is 14.9 Å². The van der Waals surface area contributed by atoms with Crippen molar-refractivity contribution in [2.45, 2.75) is 0 Å². The summed E-state index contributed by atoms with van der Waals surface area (Å²) < 4.78 is 5.25. The Kier molecular flexibility index (Phi) is 6.14. The molecule has 2 aromatic rings. The number of ether oxygens (including phenoxy) is 1. The summed E-state index contributed by atoms with van der Waals surface area (Å²) in [5.41, 5.74) is 1.04. The van der Waals surface area contributed by atoms with Crippen molar-refractivity contribution >= 4 is 23.6 Å². The van der Waals surface area contributed by atoms with Gasteiger partial charge in [-0.25, -0.2) is 4.79 Å². The maximum atomic E-state index is 12.2. The molecule has 0 fully saturated rings. The van der Waals surface area contributed by atoms with Crippen molar-refractivity contribution in [2.24, 2.45) is 0 Å². The van der Waals surface area contributed by atoms with E-state index in [1.165, 1.54) is 30.3 Å². The molecule has 26 heavy (non-hydrogen) atoms. The number of rotatable bonds is 6. The van der Waals surface area contributed by atoms with Crippen LogP contribution in [0.15, 0.2) is 54.1 Å². The van der Waals surface area contributed by atoms with E-state index in [4.69, 9.17) is 16.3 Å². The Bertz CT molecular complexity index is 914. The van der Waals surface area contributed by atoms with Crippen molar-refractivity contribution in [3.63, 3.8) is 0 Å². The number of nitrogens with zero attached hydrogens (tertiary/aromatic N) is 1. The first-order valence-corrected chi connectivity index (χ1v) is 7.46. The van der Waals surface area contributed by atoms with E-state index < -0.39 is 11.9 Å². The van der Waals surface area contributed by atoms with Gasteiger partial charge in [-0.2, -0.15) is 5.26 Å². The van der Waals surface area contributed by atoms with Gasteiger partial charge in [0.15, 0.2) is 0 Å². The molecule has 128 valence electrons. The minimum Gasteiger partial charge on any atom is -0.481 e. The van der Waals surface area contributed by atoms with Crippen molar-refractivity contribution in [1.29, 1.82) is 5.26 Å². The van der Waals surface area contributed by atoms with E-state index in [1.54, 1.807) is 24.3 Å². The monoisotopic (exact) mass is 346 g/mol. The van der Waals surface area contributed by atoms with Gasteiger partial charge >= 0.3 is 5.97 Å². The fourth-order valence-corrected chi connectivity index (χ4v) is 2.00. The largest absolute Gasteiger partial charge is 0.481 e. The summed E-state index contributed by atoms with van der Waals surface area (Å²) in [4.78, 5) is 23.0. The summed E-state index contributed by atoms with van der Waals surface area (Å²) in [6.45, 7) is 0.154. The van der Waals surface area contributed by atoms with Crippen molar-refractivity contribution in [1.82, 2.24) is 0 Å². The normalized spacial score (nSPS) is 10.3. The highest BCUT2D eigenvalue weighted by atomic mass is 16.5. The lowest BCUT2D eigenvalue weighted by Crippen LogP contribution is -2.13. The first kappa shape index (κ1) is 18.3. The average Bonchev–Trinajstić information content (AvgIpc) is 2.65. The fraction of sp³-hybridized carbons (Fsp3) is 0.0500. The van der Waals surface area contributed by atoms with Crippen LogP contribution in [0.3, 0.4) is 0 Å². The number of nitrogens with one attached hydrogen (secondary N) is 1. The second-order valence-electron chi connectivity index (χ2n) is 5.07. The van der Waals surface area contributed by atoms with Crippen LogP contribution in [-0.2, 0) is 4.79 Å². The molecule has 0 spiro atoms. The Hall–Kier alpha value is -4.03. The summed E-state index contributed by atoms with van der Waals surface area (Å²) in [6, 6.07) is 14.2. The van der Waals surface area contributed by atoms with Crippen LogP contribution in [0.4, 0.5) is 5.69 Å². The molecule has 0 aliphatic heterocycles. The van der Waals surface area contributed by atoms with E-state index in [1.807, 2.05) is 6.07 Å². The van der Waals surface area contributed by atoms with Crippen LogP contribution in [0.1, 0.15) is 15.9 Å². The molecule has 1 amide bonds. The highest BCUT2D eigenvalue weighted by Crippen LogP contribution is 2.16. The van der Waals surface area contributed by atoms with Crippen molar-refractivity contribution in [3.05, 3.63) is 65.2 Å². The maximum Gasteiger partial charge on any atom is 0.335 e. The van der Waals surface area contributed by atoms with Crippen LogP contribution in [0.25, 0.3) is 6.08 Å². The zero-order chi connectivity index (χ0) is 18.9. The quantitative estimate of drug-likeness (QED) is 0.476. The second kappa shape index (κ2) is 8.72. The second-order valence-corrected chi connectivity index (χ2v) is 5.07. The van der Waals surface area contributed by atoms with Crippen LogP contribution < -0.4 is 10.1 Å². The average molecular weight is 346 g/mol. The number of terminal acetylenes is 1. The van der Waals surface area contributed by atoms with Gasteiger partial charge in [0.2, 0.25) is 0 Å². The van der Waals surface area contributed by atoms with Crippen molar-refractivity contribution < 1.29 is 19.4 Å². The topological polar surface area (TPSA) is 99.4 Å². The molecule has 0 aliphatic carbocycles. The van der Waals surface area contributed by atoms with Gasteiger partial charge in [-0.15, -0.1) is 6.42 Å². The number of carbonyl (C=O) groups excluding carboxylic acids is 1. The molecule has 6 heteroatoms. The van der Waals surface area contributed by atoms with Gasteiger partial charge in [-0.1, -0.05) is 18.1 Å². The van der Waals surface area contributed by atoms with E-state index in [2.05, 4.69) is 11.2 Å². The molecule has 2 aromatic carbocycles. The predicted molar refractivity (Wildman–Crippen MR) is 96.4 cm³/mol. The molecule has 0 aliphatic rings. The summed E-state index contributed by atoms with van der Waals surface area (Å²) in [5.74, 6) is 1.29. The SMILES string of the molecule is C#CCOc1ccc(C=C(C#N)C(=O)Nc2ccc(C(=O)O)cc2)cc1. The molecule has 2 rings (SSSR count). The Morgan fingerprint density at radius 1 is 1.15 bits per heavy atom. The van der Waals surface area contributed by atoms with E-state index in [0.29, 0.717) is 17.0 Å². The standard InChI is InChI=1S/C20H14N2O4/c1-2-11-26-18-9-3-14(4-10-18)12-16(13-21)19(23)22-17-7-5-15(6-8-17)20(24)25/h1,3-10,12H,11H2,(H,22,23)(H,24,25). The van der Waals surface area contributed by atoms with Crippen LogP contribution in [0, 0.1) is 23.7 Å². The summed E-state index contributed by atoms with van der Waals surface area (Å²) in [5, 5.41) is 20.6. The van der Waals surface area contributed by atoms with E-state index >= 15 is 0 Å². The summed E-state index contributed by atoms with van der Waals surface area (Å²) in [6.07, 6.45) is 6.55. The smallest absolute Gasteiger partial charge is 0.335 e. The van der Waals surface area contributed by atoms with Gasteiger partial charge in [0.25, 0.3) is 5.91 Å². The van der Waals surface area contributed by atoms with Gasteiger partial charge in [-0.05, 0) is 48.0 Å². The van der Waals surface area contributed by atoms with Gasteiger partial charge in [0.05, 0.1) is 5.56 Å².